The summed E-state index contributed by atoms with van der Waals surface area (Å²) < 4.78 is 41.8. The predicted octanol–water partition coefficient (Wildman–Crippen LogP) is -0.219. The molecular formula is C30H70N2O14Si4. The van der Waals surface area contributed by atoms with Gasteiger partial charge in [0.2, 0.25) is 0 Å². The minimum absolute atomic E-state index is 0.0416. The van der Waals surface area contributed by atoms with Gasteiger partial charge in [0.15, 0.2) is 31.1 Å². The van der Waals surface area contributed by atoms with Gasteiger partial charge in [-0.1, -0.05) is 0 Å². The molecule has 50 heavy (non-hydrogen) atoms. The van der Waals surface area contributed by atoms with Gasteiger partial charge >= 0.3 is 8.80 Å². The zero-order valence-corrected chi connectivity index (χ0v) is 36.2. The van der Waals surface area contributed by atoms with Crippen molar-refractivity contribution in [2.75, 3.05) is 86.1 Å². The molecule has 0 fully saturated rings. The summed E-state index contributed by atoms with van der Waals surface area (Å²) in [6.07, 6.45) is -7.94. The number of amides is 1. The van der Waals surface area contributed by atoms with E-state index < -0.39 is 76.8 Å². The second kappa shape index (κ2) is 25.0. The fraction of sp³-hybridized carbons (Fsp3) is 0.967. The summed E-state index contributed by atoms with van der Waals surface area (Å²) in [5.74, 6) is -0.961. The van der Waals surface area contributed by atoms with Gasteiger partial charge in [-0.3, -0.25) is 9.69 Å². The summed E-state index contributed by atoms with van der Waals surface area (Å²) in [7, 11) is -7.73. The van der Waals surface area contributed by atoms with Crippen molar-refractivity contribution in [1.82, 2.24) is 10.2 Å². The molecule has 0 aromatic rings. The van der Waals surface area contributed by atoms with E-state index in [1.54, 1.807) is 7.11 Å². The lowest BCUT2D eigenvalue weighted by molar-refractivity contribution is -0.148. The fourth-order valence-corrected chi connectivity index (χ4v) is 19.3. The van der Waals surface area contributed by atoms with E-state index in [4.69, 9.17) is 36.4 Å². The van der Waals surface area contributed by atoms with Crippen LogP contribution in [-0.2, 0) is 36.1 Å². The standard InChI is InChI=1S/C30H70N2O14Si4/c1-40-15-16-41-17-18-42-19-20-43-24-25(34)22-32(14-12-31-30(39)29(38)28(37)27(36)26(35)23-33)13-11-21-50(44-47(2,3)4,45-48(5,6)7)46-49(8,9)10/h25-29,33-38H,11-24H2,1-10H3,(H,31,39). The van der Waals surface area contributed by atoms with Crippen LogP contribution in [0, 0.1) is 0 Å². The maximum atomic E-state index is 12.5. The van der Waals surface area contributed by atoms with Crippen molar-refractivity contribution in [2.45, 2.75) is 102 Å². The van der Waals surface area contributed by atoms with E-state index in [0.29, 0.717) is 52.0 Å². The molecule has 0 saturated carbocycles. The van der Waals surface area contributed by atoms with Crippen molar-refractivity contribution in [3.63, 3.8) is 0 Å². The SMILES string of the molecule is COCCOCCOCCOCC(O)CN(CCC[Si](O[Si](C)(C)C)(O[Si](C)(C)C)O[Si](C)(C)C)CCNC(=O)C(O)C(O)C(O)C(O)CO. The Kier molecular flexibility index (Phi) is 24.9. The molecular weight excluding hydrogens is 725 g/mol. The molecule has 5 atom stereocenters. The summed E-state index contributed by atoms with van der Waals surface area (Å²) in [4.78, 5) is 14.5. The highest BCUT2D eigenvalue weighted by molar-refractivity contribution is 6.90. The van der Waals surface area contributed by atoms with Crippen molar-refractivity contribution in [3.05, 3.63) is 0 Å². The first kappa shape index (κ1) is 49.8. The lowest BCUT2D eigenvalue weighted by Gasteiger charge is -2.43. The second-order valence-corrected chi connectivity index (χ2v) is 32.1. The molecule has 0 radical (unpaired) electrons. The molecule has 7 N–H and O–H groups in total. The first-order valence-corrected chi connectivity index (χ1v) is 29.5. The molecule has 16 nitrogen and oxygen atoms in total. The number of carbonyl (C=O) groups excluding carboxylic acids is 1. The van der Waals surface area contributed by atoms with Gasteiger partial charge in [0.05, 0.1) is 59.0 Å². The summed E-state index contributed by atoms with van der Waals surface area (Å²) in [5.41, 5.74) is 0. The van der Waals surface area contributed by atoms with E-state index in [9.17, 15) is 30.3 Å². The number of methoxy groups -OCH3 is 1. The van der Waals surface area contributed by atoms with E-state index in [1.807, 2.05) is 4.90 Å². The molecule has 0 aromatic carbocycles. The summed E-state index contributed by atoms with van der Waals surface area (Å²) >= 11 is 0. The normalized spacial score (nSPS) is 16.3. The Labute approximate surface area is 304 Å². The maximum Gasteiger partial charge on any atom is 0.469 e. The summed E-state index contributed by atoms with van der Waals surface area (Å²) in [6.45, 7) is 21.8. The van der Waals surface area contributed by atoms with E-state index >= 15 is 0 Å². The van der Waals surface area contributed by atoms with Crippen molar-refractivity contribution < 1.29 is 66.7 Å². The van der Waals surface area contributed by atoms with Gasteiger partial charge in [-0.2, -0.15) is 0 Å². The Balaban J connectivity index is 5.52. The first-order valence-electron chi connectivity index (χ1n) is 17.4. The number of aliphatic hydroxyl groups excluding tert-OH is 6. The Bertz CT molecular complexity index is 854. The van der Waals surface area contributed by atoms with Crippen molar-refractivity contribution >= 4 is 39.7 Å². The highest BCUT2D eigenvalue weighted by atomic mass is 28.5. The minimum atomic E-state index is -3.11. The van der Waals surface area contributed by atoms with Gasteiger partial charge in [0, 0.05) is 32.8 Å². The second-order valence-electron chi connectivity index (χ2n) is 15.1. The van der Waals surface area contributed by atoms with Crippen LogP contribution in [0.25, 0.3) is 0 Å². The Hall–Kier alpha value is -0.222. The topological polar surface area (TPSA) is 218 Å². The van der Waals surface area contributed by atoms with Gasteiger partial charge in [0.25, 0.3) is 5.91 Å². The zero-order chi connectivity index (χ0) is 38.6. The number of rotatable bonds is 31. The average Bonchev–Trinajstić information content (AvgIpc) is 2.97. The number of hydrogen-bond donors (Lipinski definition) is 7. The number of aliphatic hydroxyl groups is 6. The van der Waals surface area contributed by atoms with Crippen LogP contribution in [-0.4, -0.2) is 192 Å². The number of ether oxygens (including phenoxy) is 4. The van der Waals surface area contributed by atoms with Gasteiger partial charge in [-0.05, 0) is 71.9 Å². The van der Waals surface area contributed by atoms with Crippen molar-refractivity contribution in [2.24, 2.45) is 0 Å². The number of hydrogen-bond acceptors (Lipinski definition) is 15. The van der Waals surface area contributed by atoms with Crippen LogP contribution in [0.1, 0.15) is 6.42 Å². The van der Waals surface area contributed by atoms with Crippen LogP contribution < -0.4 is 5.32 Å². The molecule has 0 aliphatic rings. The van der Waals surface area contributed by atoms with Gasteiger partial charge in [-0.15, -0.1) is 0 Å². The summed E-state index contributed by atoms with van der Waals surface area (Å²) in [6, 6.07) is 0.573. The third-order valence-electron chi connectivity index (χ3n) is 6.55. The third-order valence-corrected chi connectivity index (χ3v) is 18.6. The first-order chi connectivity index (χ1) is 23.0. The molecule has 0 saturated heterocycles. The van der Waals surface area contributed by atoms with E-state index in [-0.39, 0.29) is 32.8 Å². The minimum Gasteiger partial charge on any atom is -0.417 e. The monoisotopic (exact) mass is 794 g/mol. The largest absolute Gasteiger partial charge is 0.469 e. The summed E-state index contributed by atoms with van der Waals surface area (Å²) in [5, 5.41) is 62.1. The zero-order valence-electron chi connectivity index (χ0n) is 32.2. The fourth-order valence-electron chi connectivity index (χ4n) is 4.70. The molecule has 5 unspecified atom stereocenters. The highest BCUT2D eigenvalue weighted by Crippen LogP contribution is 2.30. The average molecular weight is 795 g/mol. The molecule has 0 aliphatic heterocycles. The van der Waals surface area contributed by atoms with Crippen LogP contribution in [0.3, 0.4) is 0 Å². The van der Waals surface area contributed by atoms with E-state index in [0.717, 1.165) is 0 Å². The van der Waals surface area contributed by atoms with Crippen LogP contribution in [0.2, 0.25) is 65.0 Å². The lowest BCUT2D eigenvalue weighted by Crippen LogP contribution is -2.60. The number of nitrogens with zero attached hydrogens (tertiary/aromatic N) is 1. The lowest BCUT2D eigenvalue weighted by atomic mass is 10.0. The molecule has 20 heteroatoms. The quantitative estimate of drug-likeness (QED) is 0.0357. The van der Waals surface area contributed by atoms with Crippen molar-refractivity contribution in [1.29, 1.82) is 0 Å². The van der Waals surface area contributed by atoms with Gasteiger partial charge in [-0.25, -0.2) is 0 Å². The molecule has 0 aliphatic carbocycles. The maximum absolute atomic E-state index is 12.5. The molecule has 1 amide bonds. The van der Waals surface area contributed by atoms with Crippen LogP contribution in [0.4, 0.5) is 0 Å². The Morgan fingerprint density at radius 3 is 1.64 bits per heavy atom. The van der Waals surface area contributed by atoms with Gasteiger partial charge < -0.3 is 67.2 Å². The number of carbonyl (C=O) groups is 1. The molecule has 0 rings (SSSR count). The molecule has 0 heterocycles. The molecule has 300 valence electrons. The Morgan fingerprint density at radius 2 is 1.18 bits per heavy atom. The van der Waals surface area contributed by atoms with E-state index in [2.05, 4.69) is 64.2 Å². The highest BCUT2D eigenvalue weighted by Gasteiger charge is 2.49. The van der Waals surface area contributed by atoms with Crippen LogP contribution >= 0.6 is 0 Å². The number of nitrogens with one attached hydrogen (secondary N) is 1. The van der Waals surface area contributed by atoms with Crippen molar-refractivity contribution in [3.8, 4) is 0 Å². The van der Waals surface area contributed by atoms with Gasteiger partial charge in [0.1, 0.15) is 18.3 Å². The van der Waals surface area contributed by atoms with E-state index in [1.165, 1.54) is 0 Å². The van der Waals surface area contributed by atoms with Crippen LogP contribution in [0.15, 0.2) is 0 Å². The predicted molar refractivity (Wildman–Crippen MR) is 199 cm³/mol. The smallest absolute Gasteiger partial charge is 0.417 e. The molecule has 0 bridgehead atoms. The third kappa shape index (κ3) is 24.9. The van der Waals surface area contributed by atoms with Crippen LogP contribution in [0.5, 0.6) is 0 Å². The molecule has 0 spiro atoms. The molecule has 0 aromatic heterocycles. The Morgan fingerprint density at radius 1 is 0.700 bits per heavy atom.